The Morgan fingerprint density at radius 3 is 2.31 bits per heavy atom. The molecule has 1 spiro atoms. The van der Waals surface area contributed by atoms with Crippen molar-refractivity contribution in [2.45, 2.75) is 68.9 Å². The van der Waals surface area contributed by atoms with Crippen molar-refractivity contribution < 1.29 is 19.5 Å². The number of hydrogen-bond donors (Lipinski definition) is 1. The van der Waals surface area contributed by atoms with Crippen LogP contribution >= 0.6 is 11.8 Å². The molecule has 230 valence electrons. The van der Waals surface area contributed by atoms with E-state index in [1.54, 1.807) is 33.7 Å². The van der Waals surface area contributed by atoms with E-state index < -0.39 is 22.6 Å². The predicted molar refractivity (Wildman–Crippen MR) is 172 cm³/mol. The Morgan fingerprint density at radius 1 is 1.05 bits per heavy atom. The molecule has 9 heteroatoms. The van der Waals surface area contributed by atoms with Crippen molar-refractivity contribution in [2.24, 2.45) is 11.8 Å². The number of carbonyl (C=O) groups is 3. The predicted octanol–water partition coefficient (Wildman–Crippen LogP) is 4.34. The molecule has 42 heavy (non-hydrogen) atoms. The van der Waals surface area contributed by atoms with Crippen molar-refractivity contribution in [3.63, 3.8) is 0 Å². The summed E-state index contributed by atoms with van der Waals surface area (Å²) in [5.74, 6) is -1.18. The van der Waals surface area contributed by atoms with E-state index in [2.05, 4.69) is 31.9 Å². The molecule has 0 saturated carbocycles. The Morgan fingerprint density at radius 2 is 1.71 bits per heavy atom. The lowest BCUT2D eigenvalue weighted by Crippen LogP contribution is -2.55. The number of thioether (sulfide) groups is 1. The molecular formula is C33H48N4O4S. The minimum atomic E-state index is -0.678. The Balaban J connectivity index is 1.72. The van der Waals surface area contributed by atoms with Gasteiger partial charge in [0.05, 0.1) is 16.6 Å². The Bertz CT molecular complexity index is 1140. The van der Waals surface area contributed by atoms with Crippen LogP contribution in [0.25, 0.3) is 0 Å². The van der Waals surface area contributed by atoms with Crippen LogP contribution in [0.4, 0.5) is 11.4 Å². The van der Waals surface area contributed by atoms with Crippen molar-refractivity contribution in [2.75, 3.05) is 55.7 Å². The van der Waals surface area contributed by atoms with Crippen LogP contribution in [0.15, 0.2) is 49.6 Å². The molecule has 1 aromatic rings. The van der Waals surface area contributed by atoms with Gasteiger partial charge >= 0.3 is 0 Å². The van der Waals surface area contributed by atoms with Gasteiger partial charge in [0.25, 0.3) is 5.91 Å². The standard InChI is InChI=1S/C33H48N4O4S/c1-6-19-35(20-7-2)30(39)27-26-17-18-33(42-26)28(27)31(40)37(22-11-12-23-38)29(33)32(41)36(21-8-3)25-15-13-24(14-16-25)34(9-4)10-5/h6,8,13-16,26-29,38H,1,3,7,9-12,17-23H2,2,4-5H3/t26-,27+,28-,29?,33?/m0/s1. The van der Waals surface area contributed by atoms with Crippen molar-refractivity contribution >= 4 is 40.9 Å². The molecule has 3 fully saturated rings. The third-order valence-corrected chi connectivity index (χ3v) is 11.1. The highest BCUT2D eigenvalue weighted by molar-refractivity contribution is 8.02. The van der Waals surface area contributed by atoms with E-state index in [-0.39, 0.29) is 29.6 Å². The molecule has 2 unspecified atom stereocenters. The van der Waals surface area contributed by atoms with Crippen LogP contribution in [0, 0.1) is 11.8 Å². The van der Waals surface area contributed by atoms with Crippen LogP contribution in [0.1, 0.15) is 52.9 Å². The van der Waals surface area contributed by atoms with E-state index in [0.717, 1.165) is 43.7 Å². The fraction of sp³-hybridized carbons (Fsp3) is 0.606. The second kappa shape index (κ2) is 14.1. The van der Waals surface area contributed by atoms with Gasteiger partial charge in [-0.2, -0.15) is 0 Å². The first-order chi connectivity index (χ1) is 20.3. The molecule has 4 rings (SSSR count). The summed E-state index contributed by atoms with van der Waals surface area (Å²) in [7, 11) is 0. The molecule has 3 saturated heterocycles. The second-order valence-electron chi connectivity index (χ2n) is 11.5. The number of amides is 3. The van der Waals surface area contributed by atoms with E-state index in [1.165, 1.54) is 0 Å². The molecule has 3 aliphatic rings. The van der Waals surface area contributed by atoms with Crippen LogP contribution in [0.3, 0.4) is 0 Å². The smallest absolute Gasteiger partial charge is 0.251 e. The summed E-state index contributed by atoms with van der Waals surface area (Å²) in [6.07, 6.45) is 6.98. The van der Waals surface area contributed by atoms with Crippen LogP contribution in [0.2, 0.25) is 0 Å². The van der Waals surface area contributed by atoms with Gasteiger partial charge in [-0.15, -0.1) is 24.9 Å². The summed E-state index contributed by atoms with van der Waals surface area (Å²) in [6, 6.07) is 7.35. The normalized spacial score (nSPS) is 25.8. The van der Waals surface area contributed by atoms with Crippen molar-refractivity contribution in [1.82, 2.24) is 9.80 Å². The highest BCUT2D eigenvalue weighted by Gasteiger charge is 2.74. The van der Waals surface area contributed by atoms with Crippen LogP contribution in [-0.4, -0.2) is 94.5 Å². The molecule has 2 bridgehead atoms. The molecule has 3 aliphatic heterocycles. The third-order valence-electron chi connectivity index (χ3n) is 9.15. The Labute approximate surface area is 255 Å². The summed E-state index contributed by atoms with van der Waals surface area (Å²) in [5, 5.41) is 9.49. The average molecular weight is 597 g/mol. The van der Waals surface area contributed by atoms with Gasteiger partial charge in [-0.3, -0.25) is 14.4 Å². The lowest BCUT2D eigenvalue weighted by atomic mass is 9.70. The Hall–Kier alpha value is -2.78. The van der Waals surface area contributed by atoms with Crippen molar-refractivity contribution in [3.8, 4) is 0 Å². The van der Waals surface area contributed by atoms with Gasteiger partial charge in [-0.1, -0.05) is 19.1 Å². The maximum absolute atomic E-state index is 14.7. The van der Waals surface area contributed by atoms with E-state index >= 15 is 0 Å². The van der Waals surface area contributed by atoms with E-state index in [4.69, 9.17) is 0 Å². The lowest BCUT2D eigenvalue weighted by molar-refractivity contribution is -0.143. The number of aliphatic hydroxyl groups is 1. The topological polar surface area (TPSA) is 84.4 Å². The summed E-state index contributed by atoms with van der Waals surface area (Å²) < 4.78 is -0.648. The maximum Gasteiger partial charge on any atom is 0.251 e. The molecule has 3 amide bonds. The minimum absolute atomic E-state index is 0.00696. The number of carbonyl (C=O) groups excluding carboxylic acids is 3. The van der Waals surface area contributed by atoms with E-state index in [9.17, 15) is 19.5 Å². The summed E-state index contributed by atoms with van der Waals surface area (Å²) in [6.45, 7) is 17.6. The number of unbranched alkanes of at least 4 members (excludes halogenated alkanes) is 1. The lowest BCUT2D eigenvalue weighted by Gasteiger charge is -2.37. The van der Waals surface area contributed by atoms with Crippen LogP contribution in [-0.2, 0) is 14.4 Å². The molecule has 1 N–H and O–H groups in total. The van der Waals surface area contributed by atoms with Crippen LogP contribution < -0.4 is 9.80 Å². The van der Waals surface area contributed by atoms with Gasteiger partial charge in [-0.05, 0) is 70.2 Å². The van der Waals surface area contributed by atoms with Gasteiger partial charge in [0, 0.05) is 62.5 Å². The number of rotatable bonds is 16. The number of likely N-dealkylation sites (tertiary alicyclic amines) is 1. The fourth-order valence-electron chi connectivity index (χ4n) is 7.31. The first-order valence-electron chi connectivity index (χ1n) is 15.6. The fourth-order valence-corrected chi connectivity index (χ4v) is 9.51. The maximum atomic E-state index is 14.7. The molecule has 8 nitrogen and oxygen atoms in total. The van der Waals surface area contributed by atoms with E-state index in [1.807, 2.05) is 36.1 Å². The zero-order valence-electron chi connectivity index (χ0n) is 25.5. The average Bonchev–Trinajstić information content (AvgIpc) is 3.64. The van der Waals surface area contributed by atoms with Crippen molar-refractivity contribution in [3.05, 3.63) is 49.6 Å². The highest BCUT2D eigenvalue weighted by Crippen LogP contribution is 2.66. The number of anilines is 2. The first-order valence-corrected chi connectivity index (χ1v) is 16.5. The molecule has 5 atom stereocenters. The zero-order valence-corrected chi connectivity index (χ0v) is 26.4. The molecule has 0 aliphatic carbocycles. The number of hydrogen-bond acceptors (Lipinski definition) is 6. The Kier molecular flexibility index (Phi) is 10.8. The monoisotopic (exact) mass is 596 g/mol. The highest BCUT2D eigenvalue weighted by atomic mass is 32.2. The summed E-state index contributed by atoms with van der Waals surface area (Å²) in [4.78, 5) is 50.6. The number of nitrogens with zero attached hydrogens (tertiary/aromatic N) is 4. The van der Waals surface area contributed by atoms with Gasteiger partial charge in [0.2, 0.25) is 11.8 Å². The van der Waals surface area contributed by atoms with E-state index in [0.29, 0.717) is 39.0 Å². The van der Waals surface area contributed by atoms with Gasteiger partial charge in [0.1, 0.15) is 6.04 Å². The van der Waals surface area contributed by atoms with Gasteiger partial charge in [-0.25, -0.2) is 0 Å². The largest absolute Gasteiger partial charge is 0.396 e. The van der Waals surface area contributed by atoms with Gasteiger partial charge in [0.15, 0.2) is 0 Å². The number of fused-ring (bicyclic) bond motifs is 1. The number of aliphatic hydroxyl groups excluding tert-OH is 1. The minimum Gasteiger partial charge on any atom is -0.396 e. The molecule has 3 heterocycles. The molecular weight excluding hydrogens is 548 g/mol. The van der Waals surface area contributed by atoms with Crippen LogP contribution in [0.5, 0.6) is 0 Å². The quantitative estimate of drug-likeness (QED) is 0.226. The van der Waals surface area contributed by atoms with Gasteiger partial charge < -0.3 is 24.7 Å². The van der Waals surface area contributed by atoms with Crippen molar-refractivity contribution in [1.29, 1.82) is 0 Å². The summed E-state index contributed by atoms with van der Waals surface area (Å²) >= 11 is 1.70. The summed E-state index contributed by atoms with van der Waals surface area (Å²) in [5.41, 5.74) is 1.86. The molecule has 0 aromatic heterocycles. The zero-order chi connectivity index (χ0) is 30.4. The molecule has 0 radical (unpaired) electrons. The number of benzene rings is 1. The third kappa shape index (κ3) is 5.74. The SMILES string of the molecule is C=CCN(CCC)C(=O)[C@@H]1[C@@H]2CCC3(S2)C(C(=O)N(CC=C)c2ccc(N(CC)CC)cc2)N(CCCCO)C(=O)[C@H]13. The second-order valence-corrected chi connectivity index (χ2v) is 13.1. The first kappa shape index (κ1) is 32.1. The molecule has 1 aromatic carbocycles.